The van der Waals surface area contributed by atoms with Gasteiger partial charge in [-0.1, -0.05) is 6.92 Å². The Morgan fingerprint density at radius 2 is 1.93 bits per heavy atom. The van der Waals surface area contributed by atoms with E-state index in [1.807, 2.05) is 0 Å². The Hall–Kier alpha value is -0.0900. The van der Waals surface area contributed by atoms with E-state index in [1.165, 1.54) is 0 Å². The van der Waals surface area contributed by atoms with Crippen molar-refractivity contribution in [2.24, 2.45) is 4.36 Å². The van der Waals surface area contributed by atoms with Crippen molar-refractivity contribution in [2.75, 3.05) is 32.9 Å². The van der Waals surface area contributed by atoms with Gasteiger partial charge in [0.25, 0.3) is 0 Å². The quantitative estimate of drug-likeness (QED) is 0.705. The highest BCUT2D eigenvalue weighted by Gasteiger charge is 2.36. The first-order valence-electron chi connectivity index (χ1n) is 5.27. The summed E-state index contributed by atoms with van der Waals surface area (Å²) in [7, 11) is -0.324. The fourth-order valence-corrected chi connectivity index (χ4v) is 3.32. The van der Waals surface area contributed by atoms with Crippen LogP contribution in [0.2, 0.25) is 0 Å². The molecule has 1 saturated heterocycles. The lowest BCUT2D eigenvalue weighted by atomic mass is 9.98. The van der Waals surface area contributed by atoms with E-state index in [0.717, 1.165) is 32.5 Å². The summed E-state index contributed by atoms with van der Waals surface area (Å²) in [5.41, 5.74) is 0. The van der Waals surface area contributed by atoms with Crippen molar-refractivity contribution in [3.8, 4) is 0 Å². The van der Waals surface area contributed by atoms with Gasteiger partial charge in [0, 0.05) is 23.0 Å². The van der Waals surface area contributed by atoms with Gasteiger partial charge in [-0.15, -0.1) is 0 Å². The Bertz CT molecular complexity index is 297. The first-order valence-corrected chi connectivity index (χ1v) is 7.19. The van der Waals surface area contributed by atoms with Crippen LogP contribution in [0.5, 0.6) is 0 Å². The smallest absolute Gasteiger partial charge is 0.0534 e. The third-order valence-electron chi connectivity index (χ3n) is 3.62. The molecule has 0 saturated carbocycles. The lowest BCUT2D eigenvalue weighted by molar-refractivity contribution is 0.213. The van der Waals surface area contributed by atoms with E-state index in [0.29, 0.717) is 0 Å². The van der Waals surface area contributed by atoms with Crippen LogP contribution < -0.4 is 0 Å². The summed E-state index contributed by atoms with van der Waals surface area (Å²) in [4.78, 5) is 2.41. The molecule has 1 atom stereocenters. The third kappa shape index (κ3) is 2.11. The van der Waals surface area contributed by atoms with Crippen molar-refractivity contribution in [3.63, 3.8) is 0 Å². The van der Waals surface area contributed by atoms with Crippen molar-refractivity contribution in [1.29, 1.82) is 0 Å². The average Bonchev–Trinajstić information content (AvgIpc) is 2.19. The molecule has 0 aromatic rings. The van der Waals surface area contributed by atoms with Crippen LogP contribution in [-0.2, 0) is 9.73 Å². The SMILES string of the molecule is CCN1CCC(C)(S(C)(=O)=NC)CC1. The molecule has 1 unspecified atom stereocenters. The van der Waals surface area contributed by atoms with Gasteiger partial charge >= 0.3 is 0 Å². The second-order valence-corrected chi connectivity index (χ2v) is 7.33. The van der Waals surface area contributed by atoms with Gasteiger partial charge in [-0.25, -0.2) is 8.57 Å². The van der Waals surface area contributed by atoms with E-state index >= 15 is 0 Å². The molecule has 0 aromatic heterocycles. The lowest BCUT2D eigenvalue weighted by Gasteiger charge is -2.39. The van der Waals surface area contributed by atoms with E-state index in [9.17, 15) is 4.21 Å². The van der Waals surface area contributed by atoms with Crippen LogP contribution >= 0.6 is 0 Å². The maximum Gasteiger partial charge on any atom is 0.0534 e. The maximum atomic E-state index is 12.2. The predicted octanol–water partition coefficient (Wildman–Crippen LogP) is 1.59. The first-order chi connectivity index (χ1) is 6.45. The number of hydrogen-bond acceptors (Lipinski definition) is 3. The van der Waals surface area contributed by atoms with Gasteiger partial charge in [-0.3, -0.25) is 0 Å². The molecule has 1 heterocycles. The van der Waals surface area contributed by atoms with E-state index in [4.69, 9.17) is 0 Å². The average molecular weight is 218 g/mol. The summed E-state index contributed by atoms with van der Waals surface area (Å²) >= 11 is 0. The molecular weight excluding hydrogens is 196 g/mol. The van der Waals surface area contributed by atoms with E-state index in [1.54, 1.807) is 13.3 Å². The van der Waals surface area contributed by atoms with Gasteiger partial charge in [0.15, 0.2) is 0 Å². The van der Waals surface area contributed by atoms with Crippen molar-refractivity contribution in [1.82, 2.24) is 4.90 Å². The molecule has 0 aliphatic carbocycles. The molecule has 0 aromatic carbocycles. The van der Waals surface area contributed by atoms with Gasteiger partial charge in [0.2, 0.25) is 0 Å². The molecule has 4 heteroatoms. The molecule has 1 fully saturated rings. The molecular formula is C10H22N2OS. The van der Waals surface area contributed by atoms with Crippen LogP contribution in [0.25, 0.3) is 0 Å². The highest BCUT2D eigenvalue weighted by Crippen LogP contribution is 2.30. The van der Waals surface area contributed by atoms with Crippen molar-refractivity contribution < 1.29 is 4.21 Å². The summed E-state index contributed by atoms with van der Waals surface area (Å²) in [6.07, 6.45) is 3.82. The number of likely N-dealkylation sites (tertiary alicyclic amines) is 1. The third-order valence-corrected chi connectivity index (χ3v) is 6.56. The minimum absolute atomic E-state index is 0.0760. The number of hydrogen-bond donors (Lipinski definition) is 0. The van der Waals surface area contributed by atoms with Crippen molar-refractivity contribution in [3.05, 3.63) is 0 Å². The molecule has 1 aliphatic rings. The lowest BCUT2D eigenvalue weighted by Crippen LogP contribution is -2.46. The molecule has 0 spiro atoms. The van der Waals surface area contributed by atoms with Gasteiger partial charge in [0.1, 0.15) is 0 Å². The number of piperidine rings is 1. The van der Waals surface area contributed by atoms with Crippen LogP contribution in [0.15, 0.2) is 4.36 Å². The van der Waals surface area contributed by atoms with Crippen molar-refractivity contribution in [2.45, 2.75) is 31.4 Å². The fourth-order valence-electron chi connectivity index (χ4n) is 1.94. The van der Waals surface area contributed by atoms with Crippen LogP contribution in [0.3, 0.4) is 0 Å². The zero-order valence-electron chi connectivity index (χ0n) is 9.75. The van der Waals surface area contributed by atoms with E-state index in [-0.39, 0.29) is 4.75 Å². The van der Waals surface area contributed by atoms with Crippen LogP contribution in [-0.4, -0.2) is 46.8 Å². The summed E-state index contributed by atoms with van der Waals surface area (Å²) in [6, 6.07) is 0. The number of rotatable bonds is 2. The maximum absolute atomic E-state index is 12.2. The Balaban J connectivity index is 2.77. The molecule has 84 valence electrons. The highest BCUT2D eigenvalue weighted by atomic mass is 32.2. The predicted molar refractivity (Wildman–Crippen MR) is 62.2 cm³/mol. The van der Waals surface area contributed by atoms with Gasteiger partial charge in [0.05, 0.1) is 4.75 Å². The first kappa shape index (κ1) is 12.0. The topological polar surface area (TPSA) is 32.7 Å². The second-order valence-electron chi connectivity index (χ2n) is 4.37. The molecule has 3 nitrogen and oxygen atoms in total. The minimum Gasteiger partial charge on any atom is -0.304 e. The normalized spacial score (nSPS) is 26.9. The largest absolute Gasteiger partial charge is 0.304 e. The van der Waals surface area contributed by atoms with Crippen LogP contribution in [0, 0.1) is 0 Å². The zero-order valence-corrected chi connectivity index (χ0v) is 10.6. The molecule has 0 amide bonds. The Labute approximate surface area is 88.1 Å². The Kier molecular flexibility index (Phi) is 3.58. The molecule has 0 radical (unpaired) electrons. The molecule has 1 aliphatic heterocycles. The summed E-state index contributed by atoms with van der Waals surface area (Å²) in [5, 5.41) is 0. The Morgan fingerprint density at radius 1 is 1.43 bits per heavy atom. The van der Waals surface area contributed by atoms with Gasteiger partial charge in [-0.2, -0.15) is 0 Å². The monoisotopic (exact) mass is 218 g/mol. The highest BCUT2D eigenvalue weighted by molar-refractivity contribution is 7.94. The summed E-state index contributed by atoms with van der Waals surface area (Å²) in [5.74, 6) is 0. The fraction of sp³-hybridized carbons (Fsp3) is 1.00. The Morgan fingerprint density at radius 3 is 2.29 bits per heavy atom. The zero-order chi connectivity index (χ0) is 10.8. The van der Waals surface area contributed by atoms with Crippen molar-refractivity contribution >= 4 is 9.73 Å². The van der Waals surface area contributed by atoms with Crippen LogP contribution in [0.4, 0.5) is 0 Å². The minimum atomic E-state index is -2.00. The molecule has 1 rings (SSSR count). The second kappa shape index (κ2) is 4.19. The summed E-state index contributed by atoms with van der Waals surface area (Å²) < 4.78 is 16.2. The van der Waals surface area contributed by atoms with Gasteiger partial charge in [-0.05, 0) is 39.4 Å². The molecule has 0 N–H and O–H groups in total. The number of nitrogens with zero attached hydrogens (tertiary/aromatic N) is 2. The standard InChI is InChI=1S/C10H22N2OS/c1-5-12-8-6-10(2,7-9-12)14(4,13)11-3/h5-9H2,1-4H3. The molecule has 0 bridgehead atoms. The van der Waals surface area contributed by atoms with E-state index < -0.39 is 9.73 Å². The molecule has 14 heavy (non-hydrogen) atoms. The summed E-state index contributed by atoms with van der Waals surface area (Å²) in [6.45, 7) is 7.52. The van der Waals surface area contributed by atoms with Gasteiger partial charge < -0.3 is 4.90 Å². The van der Waals surface area contributed by atoms with E-state index in [2.05, 4.69) is 23.1 Å². The van der Waals surface area contributed by atoms with Crippen LogP contribution in [0.1, 0.15) is 26.7 Å².